The molecule has 0 aromatic heterocycles. The quantitative estimate of drug-likeness (QED) is 0.805. The Morgan fingerprint density at radius 3 is 2.74 bits per heavy atom. The molecule has 1 aliphatic rings. The molecule has 1 saturated heterocycles. The Bertz CT molecular complexity index is 354. The number of unbranched alkanes of at least 4 members (excludes halogenated alkanes) is 1. The van der Waals surface area contributed by atoms with Gasteiger partial charge in [-0.25, -0.2) is 0 Å². The van der Waals surface area contributed by atoms with Crippen molar-refractivity contribution in [2.75, 3.05) is 6.61 Å². The van der Waals surface area contributed by atoms with Crippen LogP contribution in [0.5, 0.6) is 0 Å². The molecule has 0 amide bonds. The Kier molecular flexibility index (Phi) is 5.87. The van der Waals surface area contributed by atoms with Gasteiger partial charge < -0.3 is 10.5 Å². The van der Waals surface area contributed by atoms with Crippen LogP contribution in [0.3, 0.4) is 0 Å². The molecule has 1 aliphatic heterocycles. The monoisotopic (exact) mass is 261 g/mol. The van der Waals surface area contributed by atoms with Crippen molar-refractivity contribution in [1.29, 1.82) is 0 Å². The molecule has 1 fully saturated rings. The lowest BCUT2D eigenvalue weighted by Crippen LogP contribution is -2.14. The fourth-order valence-electron chi connectivity index (χ4n) is 2.72. The van der Waals surface area contributed by atoms with Gasteiger partial charge in [0.25, 0.3) is 0 Å². The Labute approximate surface area is 117 Å². The molecule has 106 valence electrons. The highest BCUT2D eigenvalue weighted by Gasteiger charge is 2.17. The summed E-state index contributed by atoms with van der Waals surface area (Å²) < 4.78 is 5.65. The van der Waals surface area contributed by atoms with Crippen molar-refractivity contribution >= 4 is 0 Å². The van der Waals surface area contributed by atoms with Gasteiger partial charge in [0.1, 0.15) is 0 Å². The van der Waals surface area contributed by atoms with Crippen molar-refractivity contribution in [3.63, 3.8) is 0 Å². The van der Waals surface area contributed by atoms with Gasteiger partial charge in [0, 0.05) is 12.6 Å². The molecule has 0 spiro atoms. The third-order valence-corrected chi connectivity index (χ3v) is 4.05. The lowest BCUT2D eigenvalue weighted by atomic mass is 9.98. The normalized spacial score (nSPS) is 20.6. The first-order valence-electron chi connectivity index (χ1n) is 7.75. The number of aryl methyl sites for hydroxylation is 1. The van der Waals surface area contributed by atoms with E-state index in [4.69, 9.17) is 10.5 Å². The van der Waals surface area contributed by atoms with Crippen molar-refractivity contribution in [3.05, 3.63) is 35.4 Å². The molecule has 2 rings (SSSR count). The minimum atomic E-state index is 0.157. The summed E-state index contributed by atoms with van der Waals surface area (Å²) in [6, 6.07) is 9.02. The van der Waals surface area contributed by atoms with E-state index in [-0.39, 0.29) is 6.04 Å². The van der Waals surface area contributed by atoms with Crippen LogP contribution in [0.1, 0.15) is 62.6 Å². The van der Waals surface area contributed by atoms with Gasteiger partial charge in [-0.15, -0.1) is 0 Å². The zero-order chi connectivity index (χ0) is 13.5. The summed E-state index contributed by atoms with van der Waals surface area (Å²) in [6.07, 6.45) is 8.71. The third-order valence-electron chi connectivity index (χ3n) is 4.05. The highest BCUT2D eigenvalue weighted by molar-refractivity contribution is 5.24. The van der Waals surface area contributed by atoms with Crippen LogP contribution < -0.4 is 5.73 Å². The second-order valence-electron chi connectivity index (χ2n) is 5.66. The standard InChI is InChI=1S/C17H27NO/c1-2-3-5-14-7-9-15(10-8-14)17(18)12-11-16-6-4-13-19-16/h7-10,16-17H,2-6,11-13,18H2,1H3. The summed E-state index contributed by atoms with van der Waals surface area (Å²) in [5.74, 6) is 0. The smallest absolute Gasteiger partial charge is 0.0576 e. The van der Waals surface area contributed by atoms with Crippen LogP contribution in [0.25, 0.3) is 0 Å². The first-order valence-corrected chi connectivity index (χ1v) is 7.75. The molecule has 2 nitrogen and oxygen atoms in total. The maximum absolute atomic E-state index is 6.27. The number of ether oxygens (including phenoxy) is 1. The van der Waals surface area contributed by atoms with E-state index >= 15 is 0 Å². The van der Waals surface area contributed by atoms with Gasteiger partial charge >= 0.3 is 0 Å². The average Bonchev–Trinajstić information content (AvgIpc) is 2.96. The molecule has 0 bridgehead atoms. The van der Waals surface area contributed by atoms with Crippen molar-refractivity contribution < 1.29 is 4.74 Å². The van der Waals surface area contributed by atoms with Gasteiger partial charge in [0.05, 0.1) is 6.10 Å². The second-order valence-corrected chi connectivity index (χ2v) is 5.66. The van der Waals surface area contributed by atoms with E-state index in [9.17, 15) is 0 Å². The zero-order valence-corrected chi connectivity index (χ0v) is 12.1. The number of benzene rings is 1. The summed E-state index contributed by atoms with van der Waals surface area (Å²) in [7, 11) is 0. The molecule has 2 unspecified atom stereocenters. The number of hydrogen-bond donors (Lipinski definition) is 1. The molecule has 2 atom stereocenters. The molecule has 2 heteroatoms. The fraction of sp³-hybridized carbons (Fsp3) is 0.647. The van der Waals surface area contributed by atoms with E-state index in [1.165, 1.54) is 43.2 Å². The first kappa shape index (κ1) is 14.5. The summed E-state index contributed by atoms with van der Waals surface area (Å²) in [6.45, 7) is 3.17. The van der Waals surface area contributed by atoms with Crippen LogP contribution in [-0.2, 0) is 11.2 Å². The van der Waals surface area contributed by atoms with Crippen molar-refractivity contribution in [1.82, 2.24) is 0 Å². The highest BCUT2D eigenvalue weighted by atomic mass is 16.5. The Hall–Kier alpha value is -0.860. The van der Waals surface area contributed by atoms with Gasteiger partial charge in [-0.3, -0.25) is 0 Å². The van der Waals surface area contributed by atoms with Crippen LogP contribution >= 0.6 is 0 Å². The predicted octanol–water partition coefficient (Wildman–Crippen LogP) is 3.99. The summed E-state index contributed by atoms with van der Waals surface area (Å²) in [5, 5.41) is 0. The summed E-state index contributed by atoms with van der Waals surface area (Å²) in [4.78, 5) is 0. The molecule has 1 aromatic carbocycles. The Morgan fingerprint density at radius 1 is 1.32 bits per heavy atom. The van der Waals surface area contributed by atoms with Gasteiger partial charge in [-0.1, -0.05) is 37.6 Å². The van der Waals surface area contributed by atoms with E-state index in [2.05, 4.69) is 31.2 Å². The SMILES string of the molecule is CCCCc1ccc(C(N)CCC2CCCO2)cc1. The number of hydrogen-bond acceptors (Lipinski definition) is 2. The predicted molar refractivity (Wildman–Crippen MR) is 80.2 cm³/mol. The molecule has 19 heavy (non-hydrogen) atoms. The summed E-state index contributed by atoms with van der Waals surface area (Å²) >= 11 is 0. The van der Waals surface area contributed by atoms with Crippen LogP contribution in [0.2, 0.25) is 0 Å². The van der Waals surface area contributed by atoms with Gasteiger partial charge in [-0.2, -0.15) is 0 Å². The van der Waals surface area contributed by atoms with Crippen LogP contribution in [0.15, 0.2) is 24.3 Å². The lowest BCUT2D eigenvalue weighted by Gasteiger charge is -2.15. The first-order chi connectivity index (χ1) is 9.29. The molecule has 1 heterocycles. The van der Waals surface area contributed by atoms with E-state index in [0.29, 0.717) is 6.10 Å². The Morgan fingerprint density at radius 2 is 2.11 bits per heavy atom. The van der Waals surface area contributed by atoms with E-state index in [0.717, 1.165) is 19.4 Å². The zero-order valence-electron chi connectivity index (χ0n) is 12.1. The topological polar surface area (TPSA) is 35.2 Å². The fourth-order valence-corrected chi connectivity index (χ4v) is 2.72. The third kappa shape index (κ3) is 4.63. The van der Waals surface area contributed by atoms with Gasteiger partial charge in [0.15, 0.2) is 0 Å². The van der Waals surface area contributed by atoms with Crippen molar-refractivity contribution in [2.24, 2.45) is 5.73 Å². The molecule has 2 N–H and O–H groups in total. The average molecular weight is 261 g/mol. The van der Waals surface area contributed by atoms with Crippen LogP contribution in [0, 0.1) is 0 Å². The minimum Gasteiger partial charge on any atom is -0.378 e. The van der Waals surface area contributed by atoms with Crippen molar-refractivity contribution in [2.45, 2.75) is 64.0 Å². The molecule has 1 aromatic rings. The minimum absolute atomic E-state index is 0.157. The van der Waals surface area contributed by atoms with Crippen LogP contribution in [0.4, 0.5) is 0 Å². The Balaban J connectivity index is 1.79. The molecule has 0 aliphatic carbocycles. The summed E-state index contributed by atoms with van der Waals surface area (Å²) in [5.41, 5.74) is 8.96. The second kappa shape index (κ2) is 7.66. The van der Waals surface area contributed by atoms with E-state index in [1.54, 1.807) is 0 Å². The van der Waals surface area contributed by atoms with Gasteiger partial charge in [0.2, 0.25) is 0 Å². The van der Waals surface area contributed by atoms with E-state index in [1.807, 2.05) is 0 Å². The maximum atomic E-state index is 6.27. The number of rotatable bonds is 7. The molecule has 0 radical (unpaired) electrons. The van der Waals surface area contributed by atoms with Crippen LogP contribution in [-0.4, -0.2) is 12.7 Å². The lowest BCUT2D eigenvalue weighted by molar-refractivity contribution is 0.101. The molecular formula is C17H27NO. The van der Waals surface area contributed by atoms with Gasteiger partial charge in [-0.05, 0) is 49.7 Å². The van der Waals surface area contributed by atoms with E-state index < -0.39 is 0 Å². The maximum Gasteiger partial charge on any atom is 0.0576 e. The number of nitrogens with two attached hydrogens (primary N) is 1. The van der Waals surface area contributed by atoms with Crippen molar-refractivity contribution in [3.8, 4) is 0 Å². The highest BCUT2D eigenvalue weighted by Crippen LogP contribution is 2.23. The molecule has 0 saturated carbocycles. The largest absolute Gasteiger partial charge is 0.378 e. The molecular weight excluding hydrogens is 234 g/mol.